The second kappa shape index (κ2) is 26.8. The van der Waals surface area contributed by atoms with Gasteiger partial charge in [0, 0.05) is 12.5 Å². The molecule has 0 aliphatic carbocycles. The van der Waals surface area contributed by atoms with Crippen molar-refractivity contribution in [2.45, 2.75) is 154 Å². The minimum atomic E-state index is -1.61. The molecule has 2 unspecified atom stereocenters. The van der Waals surface area contributed by atoms with Crippen LogP contribution in [-0.4, -0.2) is 126 Å². The lowest BCUT2D eigenvalue weighted by Crippen LogP contribution is -2.42. The number of carboxylic acids is 5. The number of nitrogens with one attached hydrogen (secondary N) is 1. The molecule has 0 amide bonds. The highest BCUT2D eigenvalue weighted by atomic mass is 16.6. The van der Waals surface area contributed by atoms with E-state index in [2.05, 4.69) is 5.32 Å². The predicted molar refractivity (Wildman–Crippen MR) is 189 cm³/mol. The van der Waals surface area contributed by atoms with Crippen molar-refractivity contribution < 1.29 is 83.9 Å². The number of ether oxygens (including phenoxy) is 2. The molecule has 0 aliphatic rings. The molecule has 0 radical (unpaired) electrons. The molecular formula is C36H61NO17. The Balaban J connectivity index is 5.85. The summed E-state index contributed by atoms with van der Waals surface area (Å²) in [5.74, 6) is -13.3. The summed E-state index contributed by atoms with van der Waals surface area (Å²) >= 11 is 0. The minimum absolute atomic E-state index is 0.00390. The Morgan fingerprint density at radius 1 is 0.593 bits per heavy atom. The van der Waals surface area contributed by atoms with Crippen LogP contribution in [0.1, 0.15) is 118 Å². The van der Waals surface area contributed by atoms with Crippen LogP contribution in [0.4, 0.5) is 0 Å². The third-order valence-corrected chi connectivity index (χ3v) is 9.16. The lowest BCUT2D eigenvalue weighted by molar-refractivity contribution is -0.177. The van der Waals surface area contributed by atoms with Crippen LogP contribution in [0.2, 0.25) is 0 Å². The van der Waals surface area contributed by atoms with E-state index in [1.807, 2.05) is 6.92 Å². The van der Waals surface area contributed by atoms with E-state index in [0.29, 0.717) is 38.5 Å². The molecule has 9 N–H and O–H groups in total. The average molecular weight is 780 g/mol. The Kier molecular flexibility index (Phi) is 24.9. The van der Waals surface area contributed by atoms with Gasteiger partial charge in [0.25, 0.3) is 0 Å². The number of aliphatic hydroxyl groups excluding tert-OH is 3. The van der Waals surface area contributed by atoms with Gasteiger partial charge in [0.1, 0.15) is 12.2 Å². The Labute approximate surface area is 315 Å². The zero-order valence-corrected chi connectivity index (χ0v) is 31.6. The zero-order valence-electron chi connectivity index (χ0n) is 31.6. The second-order valence-electron chi connectivity index (χ2n) is 14.3. The maximum absolute atomic E-state index is 13.1. The SMILES string of the molecule is CCCC[C@@H](C)[C@H](OC(=O)CC(CC(=O)O)C(=O)O)[C@H](C[C@@H](C)C[C@@H](O)CCCC[C@@H](O)C[C@H](O)[C@H](C)NCC(=O)O)OC(=O)CC(CC(=O)O)C(=O)O. The Morgan fingerprint density at radius 2 is 1.07 bits per heavy atom. The Morgan fingerprint density at radius 3 is 1.52 bits per heavy atom. The number of carbonyl (C=O) groups is 7. The van der Waals surface area contributed by atoms with Crippen LogP contribution < -0.4 is 5.32 Å². The third kappa shape index (κ3) is 23.0. The van der Waals surface area contributed by atoms with Gasteiger partial charge in [-0.05, 0) is 50.9 Å². The predicted octanol–water partition coefficient (Wildman–Crippen LogP) is 2.28. The molecule has 0 rings (SSSR count). The van der Waals surface area contributed by atoms with Gasteiger partial charge in [-0.15, -0.1) is 0 Å². The van der Waals surface area contributed by atoms with Crippen molar-refractivity contribution in [3.63, 3.8) is 0 Å². The number of hydrogen-bond acceptors (Lipinski definition) is 13. The number of aliphatic hydroxyl groups is 3. The molecule has 0 aromatic carbocycles. The van der Waals surface area contributed by atoms with Crippen LogP contribution in [0.3, 0.4) is 0 Å². The molecular weight excluding hydrogens is 718 g/mol. The molecule has 0 saturated heterocycles. The van der Waals surface area contributed by atoms with Gasteiger partial charge < -0.3 is 55.6 Å². The first kappa shape index (κ1) is 50.1. The lowest BCUT2D eigenvalue weighted by atomic mass is 9.87. The Hall–Kier alpha value is -3.87. The van der Waals surface area contributed by atoms with Crippen LogP contribution in [0, 0.1) is 23.7 Å². The summed E-state index contributed by atoms with van der Waals surface area (Å²) in [7, 11) is 0. The van der Waals surface area contributed by atoms with Crippen molar-refractivity contribution in [1.29, 1.82) is 0 Å². The summed E-state index contributed by atoms with van der Waals surface area (Å²) in [5.41, 5.74) is 0. The summed E-state index contributed by atoms with van der Waals surface area (Å²) in [5, 5.41) is 79.9. The van der Waals surface area contributed by atoms with E-state index in [-0.39, 0.29) is 25.8 Å². The van der Waals surface area contributed by atoms with Crippen LogP contribution in [-0.2, 0) is 43.0 Å². The van der Waals surface area contributed by atoms with Crippen molar-refractivity contribution >= 4 is 41.8 Å². The smallest absolute Gasteiger partial charge is 0.317 e. The van der Waals surface area contributed by atoms with Crippen molar-refractivity contribution in [3.05, 3.63) is 0 Å². The van der Waals surface area contributed by atoms with Crippen LogP contribution in [0.5, 0.6) is 0 Å². The molecule has 0 fully saturated rings. The van der Waals surface area contributed by atoms with Crippen molar-refractivity contribution in [3.8, 4) is 0 Å². The van der Waals surface area contributed by atoms with Gasteiger partial charge in [0.05, 0.1) is 62.4 Å². The summed E-state index contributed by atoms with van der Waals surface area (Å²) in [4.78, 5) is 82.5. The monoisotopic (exact) mass is 779 g/mol. The van der Waals surface area contributed by atoms with Crippen molar-refractivity contribution in [2.24, 2.45) is 23.7 Å². The molecule has 0 spiro atoms. The van der Waals surface area contributed by atoms with Crippen LogP contribution >= 0.6 is 0 Å². The number of carbonyl (C=O) groups excluding carboxylic acids is 2. The molecule has 0 heterocycles. The lowest BCUT2D eigenvalue weighted by Gasteiger charge is -2.33. The van der Waals surface area contributed by atoms with Crippen LogP contribution in [0.25, 0.3) is 0 Å². The summed E-state index contributed by atoms with van der Waals surface area (Å²) in [6, 6.07) is -0.554. The topological polar surface area (TPSA) is 312 Å². The summed E-state index contributed by atoms with van der Waals surface area (Å²) in [6.07, 6.45) is -4.68. The van der Waals surface area contributed by atoms with Crippen LogP contribution in [0.15, 0.2) is 0 Å². The maximum Gasteiger partial charge on any atom is 0.317 e. The molecule has 0 saturated carbocycles. The number of hydrogen-bond donors (Lipinski definition) is 9. The van der Waals surface area contributed by atoms with Gasteiger partial charge in [-0.2, -0.15) is 0 Å². The molecule has 0 aliphatic heterocycles. The molecule has 18 heteroatoms. The molecule has 10 atom stereocenters. The second-order valence-corrected chi connectivity index (χ2v) is 14.3. The first-order chi connectivity index (χ1) is 25.2. The standard InChI is InChI=1S/C36H61NO17/c1-5-6-9-21(3)34(54-33(48)17-24(36(51)52)15-30(43)44)28(53-32(47)16-23(35(49)50)14-29(41)42)13-20(2)12-25(38)10-7-8-11-26(39)18-27(40)22(4)37-19-31(45)46/h20-28,34,37-40H,5-19H2,1-4H3,(H,41,42)(H,43,44)(H,45,46)(H,49,50)(H,51,52)/t20-,21+,22-,23?,24?,25-,26+,27-,28-,34-/m0/s1. The van der Waals surface area contributed by atoms with E-state index >= 15 is 0 Å². The number of aliphatic carboxylic acids is 5. The summed E-state index contributed by atoms with van der Waals surface area (Å²) < 4.78 is 11.4. The van der Waals surface area contributed by atoms with Crippen molar-refractivity contribution in [1.82, 2.24) is 5.32 Å². The number of unbranched alkanes of at least 4 members (excludes halogenated alkanes) is 2. The normalized spacial score (nSPS) is 17.0. The maximum atomic E-state index is 13.1. The minimum Gasteiger partial charge on any atom is -0.481 e. The third-order valence-electron chi connectivity index (χ3n) is 9.16. The van der Waals surface area contributed by atoms with E-state index in [9.17, 15) is 59.1 Å². The number of rotatable bonds is 32. The van der Waals surface area contributed by atoms with E-state index in [4.69, 9.17) is 24.8 Å². The largest absolute Gasteiger partial charge is 0.481 e. The number of carboxylic acid groups (broad SMARTS) is 5. The molecule has 0 aromatic rings. The van der Waals surface area contributed by atoms with Gasteiger partial charge in [-0.25, -0.2) is 0 Å². The molecule has 0 bridgehead atoms. The van der Waals surface area contributed by atoms with Gasteiger partial charge in [-0.3, -0.25) is 33.6 Å². The fourth-order valence-corrected chi connectivity index (χ4v) is 6.05. The van der Waals surface area contributed by atoms with Gasteiger partial charge in [0.2, 0.25) is 0 Å². The highest BCUT2D eigenvalue weighted by molar-refractivity contribution is 5.84. The number of esters is 2. The molecule has 312 valence electrons. The molecule has 0 aromatic heterocycles. The fourth-order valence-electron chi connectivity index (χ4n) is 6.05. The summed E-state index contributed by atoms with van der Waals surface area (Å²) in [6.45, 7) is 6.63. The average Bonchev–Trinajstić information content (AvgIpc) is 3.05. The van der Waals surface area contributed by atoms with Crippen molar-refractivity contribution in [2.75, 3.05) is 6.54 Å². The highest BCUT2D eigenvalue weighted by Gasteiger charge is 2.37. The quantitative estimate of drug-likeness (QED) is 0.0349. The molecule has 18 nitrogen and oxygen atoms in total. The Bertz CT molecular complexity index is 1200. The zero-order chi connectivity index (χ0) is 41.5. The van der Waals surface area contributed by atoms with E-state index < -0.39 is 128 Å². The molecule has 54 heavy (non-hydrogen) atoms. The first-order valence-electron chi connectivity index (χ1n) is 18.4. The van der Waals surface area contributed by atoms with Gasteiger partial charge in [-0.1, -0.05) is 46.5 Å². The van der Waals surface area contributed by atoms with E-state index in [0.717, 1.165) is 6.42 Å². The van der Waals surface area contributed by atoms with E-state index in [1.54, 1.807) is 20.8 Å². The highest BCUT2D eigenvalue weighted by Crippen LogP contribution is 2.29. The van der Waals surface area contributed by atoms with Gasteiger partial charge >= 0.3 is 41.8 Å². The van der Waals surface area contributed by atoms with E-state index in [1.165, 1.54) is 0 Å². The van der Waals surface area contributed by atoms with Gasteiger partial charge in [0.15, 0.2) is 0 Å². The fraction of sp³-hybridized carbons (Fsp3) is 0.806. The first-order valence-corrected chi connectivity index (χ1v) is 18.4.